The number of para-hydroxylation sites is 1. The van der Waals surface area contributed by atoms with E-state index in [9.17, 15) is 4.79 Å². The number of aryl methyl sites for hydroxylation is 1. The number of benzene rings is 2. The van der Waals surface area contributed by atoms with Gasteiger partial charge in [-0.25, -0.2) is 0 Å². The fourth-order valence-electron chi connectivity index (χ4n) is 3.64. The molecule has 1 aliphatic heterocycles. The Morgan fingerprint density at radius 2 is 1.86 bits per heavy atom. The Bertz CT molecular complexity index is 1020. The molecule has 2 heterocycles. The van der Waals surface area contributed by atoms with Crippen molar-refractivity contribution in [3.05, 3.63) is 65.0 Å². The molecule has 29 heavy (non-hydrogen) atoms. The van der Waals surface area contributed by atoms with Crippen LogP contribution in [0.25, 0.3) is 11.5 Å². The van der Waals surface area contributed by atoms with Crippen LogP contribution in [0, 0.1) is 17.7 Å². The minimum absolute atomic E-state index is 0.0485. The lowest BCUT2D eigenvalue weighted by molar-refractivity contribution is -0.929. The van der Waals surface area contributed by atoms with Crippen molar-refractivity contribution in [2.24, 2.45) is 5.92 Å². The molecule has 2 N–H and O–H groups in total. The van der Waals surface area contributed by atoms with Crippen LogP contribution in [0.2, 0.25) is 0 Å². The minimum Gasteiger partial charge on any atom is -0.409 e. The summed E-state index contributed by atoms with van der Waals surface area (Å²) in [6.45, 7) is 4.51. The van der Waals surface area contributed by atoms with Gasteiger partial charge in [0, 0.05) is 30.0 Å². The number of aromatic nitrogens is 2. The van der Waals surface area contributed by atoms with Crippen molar-refractivity contribution in [2.75, 3.05) is 18.4 Å². The largest absolute Gasteiger partial charge is 0.409 e. The zero-order valence-electron chi connectivity index (χ0n) is 16.4. The van der Waals surface area contributed by atoms with Gasteiger partial charge in [0.25, 0.3) is 4.84 Å². The number of hydrogen-bond donors (Lipinski definition) is 2. The van der Waals surface area contributed by atoms with Crippen LogP contribution in [-0.4, -0.2) is 28.8 Å². The van der Waals surface area contributed by atoms with E-state index in [1.54, 1.807) is 4.68 Å². The minimum atomic E-state index is 0.0485. The molecule has 6 nitrogen and oxygen atoms in total. The quantitative estimate of drug-likeness (QED) is 0.636. The maximum atomic E-state index is 12.5. The van der Waals surface area contributed by atoms with Crippen LogP contribution in [0.15, 0.2) is 59.0 Å². The number of amides is 1. The first kappa shape index (κ1) is 19.5. The van der Waals surface area contributed by atoms with Crippen molar-refractivity contribution in [2.45, 2.75) is 26.4 Å². The van der Waals surface area contributed by atoms with Crippen LogP contribution in [0.1, 0.15) is 18.4 Å². The molecule has 1 saturated heterocycles. The first-order chi connectivity index (χ1) is 14.1. The Morgan fingerprint density at radius 1 is 1.17 bits per heavy atom. The topological polar surface area (TPSA) is 64.5 Å². The predicted molar refractivity (Wildman–Crippen MR) is 114 cm³/mol. The summed E-state index contributed by atoms with van der Waals surface area (Å²) in [4.78, 5) is 14.2. The van der Waals surface area contributed by atoms with Crippen LogP contribution in [0.5, 0.6) is 0 Å². The van der Waals surface area contributed by atoms with Gasteiger partial charge in [-0.3, -0.25) is 4.79 Å². The summed E-state index contributed by atoms with van der Waals surface area (Å²) in [5.74, 6) is 0.703. The molecule has 7 heteroatoms. The zero-order valence-corrected chi connectivity index (χ0v) is 17.2. The number of hydrogen-bond acceptors (Lipinski definition) is 4. The molecule has 0 unspecified atom stereocenters. The van der Waals surface area contributed by atoms with E-state index in [0.717, 1.165) is 37.2 Å². The fraction of sp³-hybridized carbons (Fsp3) is 0.318. The second-order valence-corrected chi connectivity index (χ2v) is 7.93. The standard InChI is InChI=1S/C22H24N4O2S/c1-16-7-9-18(10-8-16)21-24-26(22(29)28-21)15-25-13-11-17(12-14-25)20(27)23-19-5-3-2-4-6-19/h2-10,17H,11-15H2,1H3,(H,23,27)/p+1. The van der Waals surface area contributed by atoms with Gasteiger partial charge in [-0.05, 0) is 43.4 Å². The van der Waals surface area contributed by atoms with E-state index in [4.69, 9.17) is 16.6 Å². The molecule has 1 amide bonds. The average molecular weight is 410 g/mol. The van der Waals surface area contributed by atoms with Crippen molar-refractivity contribution in [1.29, 1.82) is 0 Å². The molecule has 0 radical (unpaired) electrons. The van der Waals surface area contributed by atoms with Gasteiger partial charge in [0.1, 0.15) is 0 Å². The molecule has 1 fully saturated rings. The molecule has 0 saturated carbocycles. The van der Waals surface area contributed by atoms with Crippen molar-refractivity contribution >= 4 is 23.8 Å². The van der Waals surface area contributed by atoms with Crippen LogP contribution >= 0.6 is 12.2 Å². The highest BCUT2D eigenvalue weighted by Crippen LogP contribution is 2.18. The Balaban J connectivity index is 1.33. The van der Waals surface area contributed by atoms with Gasteiger partial charge < -0.3 is 14.6 Å². The second kappa shape index (κ2) is 8.71. The molecule has 0 spiro atoms. The van der Waals surface area contributed by atoms with E-state index in [2.05, 4.69) is 10.4 Å². The average Bonchev–Trinajstić information content (AvgIpc) is 3.10. The third-order valence-electron chi connectivity index (χ3n) is 5.38. The van der Waals surface area contributed by atoms with Crippen LogP contribution in [0.4, 0.5) is 5.69 Å². The summed E-state index contributed by atoms with van der Waals surface area (Å²) in [5.41, 5.74) is 2.96. The first-order valence-electron chi connectivity index (χ1n) is 9.93. The van der Waals surface area contributed by atoms with Crippen LogP contribution in [-0.2, 0) is 11.5 Å². The van der Waals surface area contributed by atoms with Crippen molar-refractivity contribution in [3.63, 3.8) is 0 Å². The lowest BCUT2D eigenvalue weighted by Crippen LogP contribution is -3.12. The molecule has 150 valence electrons. The Hall–Kier alpha value is -2.77. The predicted octanol–water partition coefficient (Wildman–Crippen LogP) is 3.07. The normalized spacial score (nSPS) is 19.1. The van der Waals surface area contributed by atoms with Gasteiger partial charge in [0.05, 0.1) is 13.1 Å². The molecular weight excluding hydrogens is 384 g/mol. The number of carbonyl (C=O) groups excluding carboxylic acids is 1. The van der Waals surface area contributed by atoms with Gasteiger partial charge in [-0.2, -0.15) is 4.68 Å². The smallest absolute Gasteiger partial charge is 0.292 e. The number of likely N-dealkylation sites (tertiary alicyclic amines) is 1. The van der Waals surface area contributed by atoms with Crippen LogP contribution in [0.3, 0.4) is 0 Å². The summed E-state index contributed by atoms with van der Waals surface area (Å²) in [6.07, 6.45) is 1.70. The Labute approximate surface area is 175 Å². The molecule has 2 aromatic carbocycles. The molecule has 0 atom stereocenters. The highest BCUT2D eigenvalue weighted by Gasteiger charge is 2.28. The molecule has 4 rings (SSSR count). The van der Waals surface area contributed by atoms with E-state index < -0.39 is 0 Å². The van der Waals surface area contributed by atoms with Gasteiger partial charge in [0.2, 0.25) is 11.8 Å². The van der Waals surface area contributed by atoms with E-state index in [-0.39, 0.29) is 11.8 Å². The molecule has 1 aliphatic rings. The monoisotopic (exact) mass is 409 g/mol. The summed E-state index contributed by atoms with van der Waals surface area (Å²) < 4.78 is 7.45. The third kappa shape index (κ3) is 4.81. The Kier molecular flexibility index (Phi) is 5.87. The number of rotatable bonds is 5. The lowest BCUT2D eigenvalue weighted by atomic mass is 9.96. The van der Waals surface area contributed by atoms with Crippen LogP contribution < -0.4 is 10.2 Å². The number of nitrogens with zero attached hydrogens (tertiary/aromatic N) is 2. The highest BCUT2D eigenvalue weighted by molar-refractivity contribution is 7.71. The highest BCUT2D eigenvalue weighted by atomic mass is 32.1. The molecular formula is C22H25N4O2S+. The third-order valence-corrected chi connectivity index (χ3v) is 5.68. The first-order valence-corrected chi connectivity index (χ1v) is 10.3. The summed E-state index contributed by atoms with van der Waals surface area (Å²) in [6, 6.07) is 17.7. The van der Waals surface area contributed by atoms with E-state index in [1.807, 2.05) is 61.5 Å². The van der Waals surface area contributed by atoms with E-state index in [1.165, 1.54) is 10.5 Å². The molecule has 1 aromatic heterocycles. The summed E-state index contributed by atoms with van der Waals surface area (Å²) in [7, 11) is 0. The lowest BCUT2D eigenvalue weighted by Gasteiger charge is -2.28. The van der Waals surface area contributed by atoms with E-state index in [0.29, 0.717) is 17.4 Å². The van der Waals surface area contributed by atoms with Crippen molar-refractivity contribution in [3.8, 4) is 11.5 Å². The number of quaternary nitrogens is 1. The number of anilines is 1. The second-order valence-electron chi connectivity index (χ2n) is 7.58. The molecule has 3 aromatic rings. The van der Waals surface area contributed by atoms with Crippen molar-refractivity contribution < 1.29 is 14.1 Å². The van der Waals surface area contributed by atoms with Gasteiger partial charge >= 0.3 is 0 Å². The Morgan fingerprint density at radius 3 is 2.55 bits per heavy atom. The zero-order chi connectivity index (χ0) is 20.2. The maximum absolute atomic E-state index is 12.5. The van der Waals surface area contributed by atoms with Crippen molar-refractivity contribution in [1.82, 2.24) is 9.78 Å². The van der Waals surface area contributed by atoms with Gasteiger partial charge in [-0.1, -0.05) is 35.9 Å². The van der Waals surface area contributed by atoms with Gasteiger partial charge in [0.15, 0.2) is 6.67 Å². The van der Waals surface area contributed by atoms with E-state index >= 15 is 0 Å². The number of carbonyl (C=O) groups is 1. The summed E-state index contributed by atoms with van der Waals surface area (Å²) >= 11 is 5.36. The number of nitrogens with one attached hydrogen (secondary N) is 2. The SMILES string of the molecule is Cc1ccc(-c2nn(C[NH+]3CCC(C(=O)Nc4ccccc4)CC3)c(=S)o2)cc1. The maximum Gasteiger partial charge on any atom is 0.292 e. The number of piperidine rings is 1. The molecule has 0 aliphatic carbocycles. The molecule has 0 bridgehead atoms. The fourth-order valence-corrected chi connectivity index (χ4v) is 3.83. The summed E-state index contributed by atoms with van der Waals surface area (Å²) in [5, 5.41) is 7.57. The van der Waals surface area contributed by atoms with Gasteiger partial charge in [-0.15, -0.1) is 5.10 Å².